The van der Waals surface area contributed by atoms with Crippen molar-refractivity contribution in [2.24, 2.45) is 5.73 Å². The van der Waals surface area contributed by atoms with Crippen molar-refractivity contribution in [3.05, 3.63) is 42.2 Å². The molecule has 0 saturated heterocycles. The maximum atomic E-state index is 13.2. The van der Waals surface area contributed by atoms with Crippen LogP contribution >= 0.6 is 11.8 Å². The van der Waals surface area contributed by atoms with Crippen molar-refractivity contribution in [3.63, 3.8) is 0 Å². The van der Waals surface area contributed by atoms with Gasteiger partial charge in [0.25, 0.3) is 0 Å². The third kappa shape index (κ3) is 3.60. The molecule has 1 aromatic carbocycles. The van der Waals surface area contributed by atoms with E-state index in [9.17, 15) is 13.2 Å². The summed E-state index contributed by atoms with van der Waals surface area (Å²) in [5.41, 5.74) is 4.96. The van der Waals surface area contributed by atoms with Crippen molar-refractivity contribution in [3.8, 4) is 0 Å². The molecule has 1 nitrogen and oxygen atoms in total. The van der Waals surface area contributed by atoms with Crippen LogP contribution in [-0.4, -0.2) is 11.8 Å². The van der Waals surface area contributed by atoms with E-state index in [0.717, 1.165) is 0 Å². The van der Waals surface area contributed by atoms with Gasteiger partial charge >= 0.3 is 5.25 Å². The first kappa shape index (κ1) is 12.1. The minimum absolute atomic E-state index is 0.162. The van der Waals surface area contributed by atoms with Crippen LogP contribution in [0.4, 0.5) is 13.2 Å². The summed E-state index contributed by atoms with van der Waals surface area (Å²) in [5, 5.41) is -3.55. The molecule has 0 fully saturated rings. The van der Waals surface area contributed by atoms with Crippen LogP contribution in [0.25, 0.3) is 0 Å². The van der Waals surface area contributed by atoms with Crippen molar-refractivity contribution in [1.82, 2.24) is 0 Å². The number of rotatable bonds is 4. The minimum Gasteiger partial charge on any atom is -0.327 e. The molecule has 1 aromatic rings. The van der Waals surface area contributed by atoms with E-state index in [1.54, 1.807) is 18.2 Å². The SMILES string of the molecule is NC/C=C(\F)C(F)(F)Sc1ccccc1. The molecule has 0 heterocycles. The molecule has 0 radical (unpaired) electrons. The van der Waals surface area contributed by atoms with Crippen molar-refractivity contribution in [2.45, 2.75) is 10.2 Å². The number of nitrogens with two attached hydrogens (primary N) is 1. The van der Waals surface area contributed by atoms with Crippen molar-refractivity contribution >= 4 is 11.8 Å². The summed E-state index contributed by atoms with van der Waals surface area (Å²) in [4.78, 5) is 0.308. The maximum Gasteiger partial charge on any atom is 0.348 e. The van der Waals surface area contributed by atoms with Gasteiger partial charge < -0.3 is 5.73 Å². The molecule has 0 aliphatic carbocycles. The van der Waals surface area contributed by atoms with E-state index in [1.165, 1.54) is 12.1 Å². The van der Waals surface area contributed by atoms with E-state index in [4.69, 9.17) is 5.73 Å². The first-order valence-electron chi connectivity index (χ1n) is 4.24. The third-order valence-electron chi connectivity index (χ3n) is 1.56. The largest absolute Gasteiger partial charge is 0.348 e. The van der Waals surface area contributed by atoms with E-state index >= 15 is 0 Å². The zero-order valence-corrected chi connectivity index (χ0v) is 8.61. The second-order valence-electron chi connectivity index (χ2n) is 2.72. The molecule has 0 aliphatic heterocycles. The summed E-state index contributed by atoms with van der Waals surface area (Å²) in [6.07, 6.45) is 0.677. The number of hydrogen-bond donors (Lipinski definition) is 1. The molecule has 2 N–H and O–H groups in total. The lowest BCUT2D eigenvalue weighted by Gasteiger charge is -2.13. The van der Waals surface area contributed by atoms with E-state index in [-0.39, 0.29) is 18.3 Å². The summed E-state index contributed by atoms with van der Waals surface area (Å²) in [5.74, 6) is -1.50. The second kappa shape index (κ2) is 5.23. The molecule has 0 amide bonds. The topological polar surface area (TPSA) is 26.0 Å². The molecule has 0 unspecified atom stereocenters. The third-order valence-corrected chi connectivity index (χ3v) is 2.52. The van der Waals surface area contributed by atoms with Crippen molar-refractivity contribution < 1.29 is 13.2 Å². The lowest BCUT2D eigenvalue weighted by Crippen LogP contribution is -2.12. The van der Waals surface area contributed by atoms with Crippen molar-refractivity contribution in [2.75, 3.05) is 6.54 Å². The highest BCUT2D eigenvalue weighted by molar-refractivity contribution is 8.00. The maximum absolute atomic E-state index is 13.2. The molecule has 82 valence electrons. The predicted molar refractivity (Wildman–Crippen MR) is 55.5 cm³/mol. The van der Waals surface area contributed by atoms with E-state index < -0.39 is 11.1 Å². The Morgan fingerprint density at radius 2 is 1.93 bits per heavy atom. The molecule has 0 spiro atoms. The fraction of sp³-hybridized carbons (Fsp3) is 0.200. The Kier molecular flexibility index (Phi) is 4.23. The second-order valence-corrected chi connectivity index (χ2v) is 3.91. The highest BCUT2D eigenvalue weighted by atomic mass is 32.2. The molecule has 0 aliphatic rings. The number of hydrogen-bond acceptors (Lipinski definition) is 2. The van der Waals surface area contributed by atoms with E-state index in [0.29, 0.717) is 11.0 Å². The van der Waals surface area contributed by atoms with Gasteiger partial charge in [-0.25, -0.2) is 4.39 Å². The standard InChI is InChI=1S/C10H10F3NS/c11-9(6-7-14)10(12,13)15-8-4-2-1-3-5-8/h1-6H,7,14H2/b9-6-. The van der Waals surface area contributed by atoms with Gasteiger partial charge in [0.05, 0.1) is 0 Å². The zero-order valence-electron chi connectivity index (χ0n) is 7.79. The van der Waals surface area contributed by atoms with Gasteiger partial charge in [-0.05, 0) is 30.0 Å². The molecule has 0 bridgehead atoms. The van der Waals surface area contributed by atoms with Gasteiger partial charge in [-0.2, -0.15) is 8.78 Å². The van der Waals surface area contributed by atoms with E-state index in [1.807, 2.05) is 0 Å². The summed E-state index contributed by atoms with van der Waals surface area (Å²) < 4.78 is 39.2. The quantitative estimate of drug-likeness (QED) is 0.808. The monoisotopic (exact) mass is 233 g/mol. The Morgan fingerprint density at radius 3 is 2.47 bits per heavy atom. The first-order valence-corrected chi connectivity index (χ1v) is 5.06. The molecular weight excluding hydrogens is 223 g/mol. The van der Waals surface area contributed by atoms with E-state index in [2.05, 4.69) is 0 Å². The average molecular weight is 233 g/mol. The van der Waals surface area contributed by atoms with Gasteiger partial charge in [0, 0.05) is 11.4 Å². The fourth-order valence-electron chi connectivity index (χ4n) is 0.908. The van der Waals surface area contributed by atoms with Crippen LogP contribution in [0, 0.1) is 0 Å². The first-order chi connectivity index (χ1) is 7.06. The Balaban J connectivity index is 2.76. The number of thioether (sulfide) groups is 1. The van der Waals surface area contributed by atoms with Crippen LogP contribution in [0.2, 0.25) is 0 Å². The summed E-state index contributed by atoms with van der Waals surface area (Å²) in [6, 6.07) is 7.92. The average Bonchev–Trinajstić information content (AvgIpc) is 2.19. The molecule has 0 saturated carbocycles. The Labute approximate surface area is 90.2 Å². The van der Waals surface area contributed by atoms with Gasteiger partial charge in [-0.1, -0.05) is 18.2 Å². The van der Waals surface area contributed by atoms with Crippen LogP contribution in [0.1, 0.15) is 0 Å². The number of benzene rings is 1. The van der Waals surface area contributed by atoms with Crippen LogP contribution in [0.3, 0.4) is 0 Å². The minimum atomic E-state index is -3.55. The molecule has 5 heteroatoms. The van der Waals surface area contributed by atoms with Crippen LogP contribution < -0.4 is 5.73 Å². The number of halogens is 3. The molecule has 0 atom stereocenters. The van der Waals surface area contributed by atoms with Gasteiger partial charge in [0.1, 0.15) is 0 Å². The van der Waals surface area contributed by atoms with Crippen LogP contribution in [0.5, 0.6) is 0 Å². The Bertz CT molecular complexity index is 338. The van der Waals surface area contributed by atoms with Crippen LogP contribution in [-0.2, 0) is 0 Å². The summed E-state index contributed by atoms with van der Waals surface area (Å²) >= 11 is 0.162. The van der Waals surface area contributed by atoms with Crippen molar-refractivity contribution in [1.29, 1.82) is 0 Å². The Morgan fingerprint density at radius 1 is 1.33 bits per heavy atom. The van der Waals surface area contributed by atoms with Gasteiger partial charge in [0.2, 0.25) is 0 Å². The van der Waals surface area contributed by atoms with Crippen LogP contribution in [0.15, 0.2) is 47.1 Å². The molecular formula is C10H10F3NS. The molecule has 15 heavy (non-hydrogen) atoms. The fourth-order valence-corrected chi connectivity index (χ4v) is 1.68. The van der Waals surface area contributed by atoms with Gasteiger partial charge in [-0.15, -0.1) is 0 Å². The molecule has 0 aromatic heterocycles. The predicted octanol–water partition coefficient (Wildman–Crippen LogP) is 3.18. The highest BCUT2D eigenvalue weighted by Gasteiger charge is 2.36. The normalized spacial score (nSPS) is 12.9. The van der Waals surface area contributed by atoms with Gasteiger partial charge in [0.15, 0.2) is 5.83 Å². The summed E-state index contributed by atoms with van der Waals surface area (Å²) in [7, 11) is 0. The molecule has 1 rings (SSSR count). The lowest BCUT2D eigenvalue weighted by atomic mass is 10.4. The zero-order chi connectivity index (χ0) is 11.3. The van der Waals surface area contributed by atoms with Gasteiger partial charge in [-0.3, -0.25) is 0 Å². The lowest BCUT2D eigenvalue weighted by molar-refractivity contribution is 0.118. The smallest absolute Gasteiger partial charge is 0.327 e. The Hall–Kier alpha value is -0.940. The highest BCUT2D eigenvalue weighted by Crippen LogP contribution is 2.41. The number of alkyl halides is 2. The summed E-state index contributed by atoms with van der Waals surface area (Å²) in [6.45, 7) is -0.239.